The van der Waals surface area contributed by atoms with E-state index in [1.165, 1.54) is 0 Å². The SMILES string of the molecule is O=C(CCc1nnc(-c2ccsc2)o1)Nc1ccccn1. The summed E-state index contributed by atoms with van der Waals surface area (Å²) in [5.41, 5.74) is 0.900. The first-order valence-electron chi connectivity index (χ1n) is 6.37. The van der Waals surface area contributed by atoms with Crippen LogP contribution in [0.5, 0.6) is 0 Å². The third-order valence-electron chi connectivity index (χ3n) is 2.73. The number of rotatable bonds is 5. The summed E-state index contributed by atoms with van der Waals surface area (Å²) < 4.78 is 5.52. The molecule has 0 aromatic carbocycles. The van der Waals surface area contributed by atoms with Crippen molar-refractivity contribution >= 4 is 23.1 Å². The van der Waals surface area contributed by atoms with Crippen molar-refractivity contribution in [3.05, 3.63) is 47.1 Å². The number of nitrogens with zero attached hydrogens (tertiary/aromatic N) is 3. The molecule has 0 saturated carbocycles. The zero-order chi connectivity index (χ0) is 14.5. The van der Waals surface area contributed by atoms with Crippen LogP contribution in [-0.2, 0) is 11.2 Å². The molecule has 0 spiro atoms. The smallest absolute Gasteiger partial charge is 0.248 e. The second kappa shape index (κ2) is 6.27. The van der Waals surface area contributed by atoms with Crippen LogP contribution in [0.25, 0.3) is 11.5 Å². The van der Waals surface area contributed by atoms with E-state index < -0.39 is 0 Å². The highest BCUT2D eigenvalue weighted by Crippen LogP contribution is 2.20. The molecule has 1 N–H and O–H groups in total. The number of thiophene rings is 1. The van der Waals surface area contributed by atoms with E-state index in [1.807, 2.05) is 22.9 Å². The Morgan fingerprint density at radius 1 is 1.29 bits per heavy atom. The summed E-state index contributed by atoms with van der Waals surface area (Å²) in [5.74, 6) is 1.33. The Kier molecular flexibility index (Phi) is 4.02. The Balaban J connectivity index is 1.54. The van der Waals surface area contributed by atoms with Gasteiger partial charge in [-0.15, -0.1) is 10.2 Å². The molecular weight excluding hydrogens is 288 g/mol. The van der Waals surface area contributed by atoms with Gasteiger partial charge in [0.15, 0.2) is 0 Å². The fraction of sp³-hybridized carbons (Fsp3) is 0.143. The van der Waals surface area contributed by atoms with E-state index in [1.54, 1.807) is 29.7 Å². The van der Waals surface area contributed by atoms with E-state index in [-0.39, 0.29) is 12.3 Å². The van der Waals surface area contributed by atoms with Crippen LogP contribution in [0, 0.1) is 0 Å². The van der Waals surface area contributed by atoms with Gasteiger partial charge in [0, 0.05) is 30.0 Å². The fourth-order valence-electron chi connectivity index (χ4n) is 1.72. The first-order chi connectivity index (χ1) is 10.3. The van der Waals surface area contributed by atoms with Gasteiger partial charge >= 0.3 is 0 Å². The van der Waals surface area contributed by atoms with Gasteiger partial charge in [-0.25, -0.2) is 4.98 Å². The molecule has 0 aliphatic rings. The zero-order valence-electron chi connectivity index (χ0n) is 11.0. The number of amides is 1. The average Bonchev–Trinajstić information content (AvgIpc) is 3.17. The summed E-state index contributed by atoms with van der Waals surface area (Å²) in [5, 5.41) is 14.5. The van der Waals surface area contributed by atoms with Crippen LogP contribution >= 0.6 is 11.3 Å². The van der Waals surface area contributed by atoms with Crippen LogP contribution in [0.1, 0.15) is 12.3 Å². The molecule has 106 valence electrons. The van der Waals surface area contributed by atoms with Crippen molar-refractivity contribution in [1.29, 1.82) is 0 Å². The maximum atomic E-state index is 11.8. The molecular formula is C14H12N4O2S. The molecule has 21 heavy (non-hydrogen) atoms. The molecule has 0 saturated heterocycles. The van der Waals surface area contributed by atoms with Crippen molar-refractivity contribution in [2.24, 2.45) is 0 Å². The highest BCUT2D eigenvalue weighted by atomic mass is 32.1. The molecule has 0 aliphatic heterocycles. The molecule has 0 bridgehead atoms. The van der Waals surface area contributed by atoms with Gasteiger partial charge in [-0.3, -0.25) is 4.79 Å². The summed E-state index contributed by atoms with van der Waals surface area (Å²) in [4.78, 5) is 15.8. The number of aryl methyl sites for hydroxylation is 1. The first kappa shape index (κ1) is 13.4. The molecule has 3 aromatic heterocycles. The molecule has 7 heteroatoms. The molecule has 0 unspecified atom stereocenters. The molecule has 3 rings (SSSR count). The Hall–Kier alpha value is -2.54. The standard InChI is InChI=1S/C14H12N4O2S/c19-12(16-11-3-1-2-7-15-11)4-5-13-17-18-14(20-13)10-6-8-21-9-10/h1-3,6-9H,4-5H2,(H,15,16,19). The zero-order valence-corrected chi connectivity index (χ0v) is 11.8. The van der Waals surface area contributed by atoms with E-state index in [9.17, 15) is 4.79 Å². The quantitative estimate of drug-likeness (QED) is 0.783. The minimum absolute atomic E-state index is 0.135. The average molecular weight is 300 g/mol. The number of aromatic nitrogens is 3. The predicted octanol–water partition coefficient (Wildman–Crippen LogP) is 2.76. The van der Waals surface area contributed by atoms with Crippen molar-refractivity contribution in [1.82, 2.24) is 15.2 Å². The van der Waals surface area contributed by atoms with Crippen molar-refractivity contribution in [3.8, 4) is 11.5 Å². The van der Waals surface area contributed by atoms with Crippen molar-refractivity contribution in [2.45, 2.75) is 12.8 Å². The maximum absolute atomic E-state index is 11.8. The molecule has 0 fully saturated rings. The number of hydrogen-bond acceptors (Lipinski definition) is 6. The lowest BCUT2D eigenvalue weighted by atomic mass is 10.3. The summed E-state index contributed by atoms with van der Waals surface area (Å²) in [6.07, 6.45) is 2.29. The van der Waals surface area contributed by atoms with Gasteiger partial charge in [0.2, 0.25) is 17.7 Å². The Bertz CT molecular complexity index is 710. The van der Waals surface area contributed by atoms with E-state index in [0.29, 0.717) is 24.0 Å². The molecule has 1 amide bonds. The Morgan fingerprint density at radius 2 is 2.24 bits per heavy atom. The minimum Gasteiger partial charge on any atom is -0.421 e. The van der Waals surface area contributed by atoms with Crippen LogP contribution in [0.15, 0.2) is 45.6 Å². The lowest BCUT2D eigenvalue weighted by molar-refractivity contribution is -0.116. The van der Waals surface area contributed by atoms with Gasteiger partial charge in [-0.1, -0.05) is 6.07 Å². The first-order valence-corrected chi connectivity index (χ1v) is 7.31. The van der Waals surface area contributed by atoms with Gasteiger partial charge in [-0.05, 0) is 23.6 Å². The molecule has 0 atom stereocenters. The van der Waals surface area contributed by atoms with Gasteiger partial charge in [0.05, 0.1) is 0 Å². The molecule has 6 nitrogen and oxygen atoms in total. The summed E-state index contributed by atoms with van der Waals surface area (Å²) >= 11 is 1.56. The van der Waals surface area contributed by atoms with Crippen LogP contribution in [0.3, 0.4) is 0 Å². The number of anilines is 1. The van der Waals surface area contributed by atoms with Gasteiger partial charge < -0.3 is 9.73 Å². The summed E-state index contributed by atoms with van der Waals surface area (Å²) in [7, 11) is 0. The summed E-state index contributed by atoms with van der Waals surface area (Å²) in [6.45, 7) is 0. The van der Waals surface area contributed by atoms with Crippen LogP contribution in [0.4, 0.5) is 5.82 Å². The number of pyridine rings is 1. The number of nitrogens with one attached hydrogen (secondary N) is 1. The van der Waals surface area contributed by atoms with Gasteiger partial charge in [0.1, 0.15) is 5.82 Å². The lowest BCUT2D eigenvalue weighted by Gasteiger charge is -2.01. The lowest BCUT2D eigenvalue weighted by Crippen LogP contribution is -2.13. The highest BCUT2D eigenvalue weighted by Gasteiger charge is 2.11. The predicted molar refractivity (Wildman–Crippen MR) is 78.8 cm³/mol. The second-order valence-electron chi connectivity index (χ2n) is 4.28. The van der Waals surface area contributed by atoms with Crippen molar-refractivity contribution in [2.75, 3.05) is 5.32 Å². The number of carbonyl (C=O) groups excluding carboxylic acids is 1. The van der Waals surface area contributed by atoms with Crippen molar-refractivity contribution < 1.29 is 9.21 Å². The van der Waals surface area contributed by atoms with E-state index in [4.69, 9.17) is 4.42 Å². The molecule has 3 aromatic rings. The van der Waals surface area contributed by atoms with Gasteiger partial charge in [-0.2, -0.15) is 11.3 Å². The largest absolute Gasteiger partial charge is 0.421 e. The van der Waals surface area contributed by atoms with E-state index in [0.717, 1.165) is 5.56 Å². The minimum atomic E-state index is -0.135. The molecule has 0 aliphatic carbocycles. The van der Waals surface area contributed by atoms with Gasteiger partial charge in [0.25, 0.3) is 0 Å². The van der Waals surface area contributed by atoms with E-state index >= 15 is 0 Å². The fourth-order valence-corrected chi connectivity index (χ4v) is 2.35. The van der Waals surface area contributed by atoms with Crippen molar-refractivity contribution in [3.63, 3.8) is 0 Å². The third-order valence-corrected chi connectivity index (χ3v) is 3.42. The van der Waals surface area contributed by atoms with Crippen LogP contribution < -0.4 is 5.32 Å². The monoisotopic (exact) mass is 300 g/mol. The number of carbonyl (C=O) groups is 1. The van der Waals surface area contributed by atoms with Crippen LogP contribution in [0.2, 0.25) is 0 Å². The second-order valence-corrected chi connectivity index (χ2v) is 5.06. The topological polar surface area (TPSA) is 80.9 Å². The van der Waals surface area contributed by atoms with Crippen LogP contribution in [-0.4, -0.2) is 21.1 Å². The molecule has 3 heterocycles. The summed E-state index contributed by atoms with van der Waals surface area (Å²) in [6, 6.07) is 7.25. The van der Waals surface area contributed by atoms with E-state index in [2.05, 4.69) is 20.5 Å². The highest BCUT2D eigenvalue weighted by molar-refractivity contribution is 7.08. The molecule has 0 radical (unpaired) electrons. The maximum Gasteiger partial charge on any atom is 0.248 e. The normalized spacial score (nSPS) is 10.5. The number of hydrogen-bond donors (Lipinski definition) is 1. The Labute approximate surface area is 124 Å². The Morgan fingerprint density at radius 3 is 3.00 bits per heavy atom. The third kappa shape index (κ3) is 3.51.